The summed E-state index contributed by atoms with van der Waals surface area (Å²) in [5.41, 5.74) is 5.37. The molecule has 0 bridgehead atoms. The van der Waals surface area contributed by atoms with Crippen molar-refractivity contribution >= 4 is 34.1 Å². The number of hydrogen-bond donors (Lipinski definition) is 1. The minimum Gasteiger partial charge on any atom is -0.497 e. The summed E-state index contributed by atoms with van der Waals surface area (Å²) in [6.07, 6.45) is 5.34. The number of thiazole rings is 1. The number of rotatable bonds is 7. The molecule has 11 heteroatoms. The molecule has 1 N–H and O–H groups in total. The van der Waals surface area contributed by atoms with Gasteiger partial charge in [-0.05, 0) is 36.3 Å². The zero-order valence-electron chi connectivity index (χ0n) is 20.1. The molecule has 0 fully saturated rings. The van der Waals surface area contributed by atoms with Crippen LogP contribution in [0.2, 0.25) is 0 Å². The quantitative estimate of drug-likeness (QED) is 0.396. The summed E-state index contributed by atoms with van der Waals surface area (Å²) in [4.78, 5) is 27.1. The Balaban J connectivity index is 1.45. The fraction of sp³-hybridized carbons (Fsp3) is 0.240. The maximum atomic E-state index is 12.0. The van der Waals surface area contributed by atoms with Crippen molar-refractivity contribution in [1.82, 2.24) is 29.6 Å². The molecule has 3 aromatic heterocycles. The van der Waals surface area contributed by atoms with Gasteiger partial charge in [-0.1, -0.05) is 18.2 Å². The van der Waals surface area contributed by atoms with Gasteiger partial charge in [0.25, 0.3) is 0 Å². The lowest BCUT2D eigenvalue weighted by Gasteiger charge is -2.13. The number of nitrogens with zero attached hydrogens (tertiary/aromatic N) is 6. The standard InChI is InChI=1S/C25H25N7O3S/c1-16-8-10-26-23(27-16)29-24-28-21(15-36-24)20-14-32(12-17-4-6-19(34-2)7-5-17)30-22(20)18-9-11-31(13-18)25(33)35-3/h4-10,14-15H,11-13H2,1-3H3,(H,26,27,28,29). The number of hydrogen-bond acceptors (Lipinski definition) is 9. The van der Waals surface area contributed by atoms with Gasteiger partial charge in [-0.15, -0.1) is 11.3 Å². The first kappa shape index (κ1) is 23.5. The van der Waals surface area contributed by atoms with Crippen LogP contribution in [0.5, 0.6) is 5.75 Å². The normalized spacial score (nSPS) is 13.0. The van der Waals surface area contributed by atoms with Crippen molar-refractivity contribution in [3.05, 3.63) is 71.1 Å². The summed E-state index contributed by atoms with van der Waals surface area (Å²) in [6, 6.07) is 9.73. The molecule has 1 amide bonds. The van der Waals surface area contributed by atoms with E-state index in [2.05, 4.69) is 15.3 Å². The van der Waals surface area contributed by atoms with Gasteiger partial charge < -0.3 is 19.7 Å². The molecule has 1 aliphatic heterocycles. The number of methoxy groups -OCH3 is 2. The van der Waals surface area contributed by atoms with E-state index in [1.165, 1.54) is 18.4 Å². The molecule has 1 aliphatic rings. The molecule has 0 radical (unpaired) electrons. The van der Waals surface area contributed by atoms with Crippen LogP contribution < -0.4 is 10.1 Å². The average molecular weight is 504 g/mol. The van der Waals surface area contributed by atoms with Gasteiger partial charge in [0.2, 0.25) is 5.95 Å². The number of nitrogens with one attached hydrogen (secondary N) is 1. The lowest BCUT2D eigenvalue weighted by Crippen LogP contribution is -2.28. The molecule has 0 spiro atoms. The molecule has 0 saturated heterocycles. The lowest BCUT2D eigenvalue weighted by molar-refractivity contribution is 0.135. The van der Waals surface area contributed by atoms with Crippen LogP contribution in [0.3, 0.4) is 0 Å². The smallest absolute Gasteiger partial charge is 0.410 e. The van der Waals surface area contributed by atoms with Gasteiger partial charge >= 0.3 is 6.09 Å². The molecule has 0 atom stereocenters. The summed E-state index contributed by atoms with van der Waals surface area (Å²) in [5.74, 6) is 1.30. The van der Waals surface area contributed by atoms with Crippen LogP contribution in [-0.2, 0) is 11.3 Å². The van der Waals surface area contributed by atoms with E-state index in [0.717, 1.165) is 39.5 Å². The minimum atomic E-state index is -0.362. The first-order valence-electron chi connectivity index (χ1n) is 11.3. The molecule has 4 heterocycles. The average Bonchev–Trinajstić information content (AvgIpc) is 3.64. The number of aryl methyl sites for hydroxylation is 1. The van der Waals surface area contributed by atoms with E-state index in [1.807, 2.05) is 59.6 Å². The van der Waals surface area contributed by atoms with Crippen LogP contribution in [0.15, 0.2) is 54.2 Å². The molecule has 10 nitrogen and oxygen atoms in total. The molecule has 0 saturated carbocycles. The Labute approximate surface area is 212 Å². The highest BCUT2D eigenvalue weighted by Crippen LogP contribution is 2.33. The largest absolute Gasteiger partial charge is 0.497 e. The van der Waals surface area contributed by atoms with E-state index in [1.54, 1.807) is 18.2 Å². The van der Waals surface area contributed by atoms with Crippen LogP contribution in [0.1, 0.15) is 17.0 Å². The number of aromatic nitrogens is 5. The van der Waals surface area contributed by atoms with Crippen LogP contribution >= 0.6 is 11.3 Å². The van der Waals surface area contributed by atoms with E-state index in [4.69, 9.17) is 19.6 Å². The molecular weight excluding hydrogens is 478 g/mol. The molecule has 36 heavy (non-hydrogen) atoms. The van der Waals surface area contributed by atoms with Crippen molar-refractivity contribution in [3.8, 4) is 17.0 Å². The fourth-order valence-corrected chi connectivity index (χ4v) is 4.60. The molecule has 0 unspecified atom stereocenters. The van der Waals surface area contributed by atoms with Crippen LogP contribution in [0.4, 0.5) is 15.9 Å². The topological polar surface area (TPSA) is 107 Å². The summed E-state index contributed by atoms with van der Waals surface area (Å²) < 4.78 is 12.0. The number of benzene rings is 1. The summed E-state index contributed by atoms with van der Waals surface area (Å²) in [7, 11) is 3.03. The first-order chi connectivity index (χ1) is 17.5. The number of amides is 1. The van der Waals surface area contributed by atoms with Gasteiger partial charge in [-0.3, -0.25) is 4.68 Å². The summed E-state index contributed by atoms with van der Waals surface area (Å²) in [5, 5.41) is 10.7. The van der Waals surface area contributed by atoms with Crippen LogP contribution in [0, 0.1) is 6.92 Å². The molecule has 0 aliphatic carbocycles. The van der Waals surface area contributed by atoms with E-state index < -0.39 is 0 Å². The minimum absolute atomic E-state index is 0.362. The predicted octanol–water partition coefficient (Wildman–Crippen LogP) is 4.37. The highest BCUT2D eigenvalue weighted by Gasteiger charge is 2.26. The van der Waals surface area contributed by atoms with Crippen molar-refractivity contribution in [2.24, 2.45) is 0 Å². The third-order valence-corrected chi connectivity index (χ3v) is 6.47. The van der Waals surface area contributed by atoms with Gasteiger partial charge in [0.05, 0.1) is 38.7 Å². The van der Waals surface area contributed by atoms with Crippen molar-refractivity contribution < 1.29 is 14.3 Å². The van der Waals surface area contributed by atoms with Crippen molar-refractivity contribution in [2.45, 2.75) is 13.5 Å². The Kier molecular flexibility index (Phi) is 6.63. The first-order valence-corrected chi connectivity index (χ1v) is 12.2. The van der Waals surface area contributed by atoms with Crippen molar-refractivity contribution in [1.29, 1.82) is 0 Å². The van der Waals surface area contributed by atoms with Gasteiger partial charge in [0, 0.05) is 35.6 Å². The maximum Gasteiger partial charge on any atom is 0.410 e. The number of anilines is 2. The van der Waals surface area contributed by atoms with Gasteiger partial charge in [-0.25, -0.2) is 19.7 Å². The summed E-state index contributed by atoms with van der Waals surface area (Å²) >= 11 is 1.47. The Hall–Kier alpha value is -4.25. The Morgan fingerprint density at radius 3 is 2.75 bits per heavy atom. The third-order valence-electron chi connectivity index (χ3n) is 5.72. The molecule has 1 aromatic carbocycles. The Morgan fingerprint density at radius 1 is 1.17 bits per heavy atom. The van der Waals surface area contributed by atoms with Crippen LogP contribution in [-0.4, -0.2) is 63.0 Å². The second-order valence-corrected chi connectivity index (χ2v) is 9.06. The van der Waals surface area contributed by atoms with E-state index >= 15 is 0 Å². The van der Waals surface area contributed by atoms with Crippen LogP contribution in [0.25, 0.3) is 16.8 Å². The second-order valence-electron chi connectivity index (χ2n) is 8.20. The van der Waals surface area contributed by atoms with Crippen molar-refractivity contribution in [3.63, 3.8) is 0 Å². The van der Waals surface area contributed by atoms with Gasteiger partial charge in [0.15, 0.2) is 5.13 Å². The highest BCUT2D eigenvalue weighted by atomic mass is 32.1. The Morgan fingerprint density at radius 2 is 2.00 bits per heavy atom. The molecule has 5 rings (SSSR count). The highest BCUT2D eigenvalue weighted by molar-refractivity contribution is 7.14. The maximum absolute atomic E-state index is 12.0. The van der Waals surface area contributed by atoms with E-state index in [0.29, 0.717) is 30.7 Å². The summed E-state index contributed by atoms with van der Waals surface area (Å²) in [6.45, 7) is 3.39. The van der Waals surface area contributed by atoms with Crippen molar-refractivity contribution in [2.75, 3.05) is 32.6 Å². The second kappa shape index (κ2) is 10.2. The molecule has 4 aromatic rings. The number of ether oxygens (including phenoxy) is 2. The lowest BCUT2D eigenvalue weighted by atomic mass is 10.1. The number of carbonyl (C=O) groups is 1. The zero-order chi connectivity index (χ0) is 25.1. The Bertz CT molecular complexity index is 1410. The predicted molar refractivity (Wildman–Crippen MR) is 137 cm³/mol. The number of carbonyl (C=O) groups excluding carboxylic acids is 1. The van der Waals surface area contributed by atoms with Gasteiger partial charge in [-0.2, -0.15) is 5.10 Å². The third kappa shape index (κ3) is 5.05. The SMILES string of the molecule is COC(=O)N1CC=C(c2nn(Cc3ccc(OC)cc3)cc2-c2csc(Nc3nccc(C)n3)n2)C1. The van der Waals surface area contributed by atoms with E-state index in [9.17, 15) is 4.79 Å². The molecule has 184 valence electrons. The monoisotopic (exact) mass is 503 g/mol. The molecular formula is C25H25N7O3S. The fourth-order valence-electron chi connectivity index (χ4n) is 3.90. The van der Waals surface area contributed by atoms with E-state index in [-0.39, 0.29) is 6.09 Å². The van der Waals surface area contributed by atoms with Gasteiger partial charge in [0.1, 0.15) is 5.75 Å². The zero-order valence-corrected chi connectivity index (χ0v) is 21.0.